The summed E-state index contributed by atoms with van der Waals surface area (Å²) in [5.74, 6) is 0.404. The number of amides is 1. The molecule has 6 nitrogen and oxygen atoms in total. The van der Waals surface area contributed by atoms with Crippen LogP contribution in [0.1, 0.15) is 16.1 Å². The molecule has 0 atom stereocenters. The number of methoxy groups -OCH3 is 1. The van der Waals surface area contributed by atoms with E-state index in [0.29, 0.717) is 11.4 Å². The van der Waals surface area contributed by atoms with Gasteiger partial charge in [-0.3, -0.25) is 9.89 Å². The largest absolute Gasteiger partial charge is 0.496 e. The number of hydrogen-bond acceptors (Lipinski definition) is 4. The van der Waals surface area contributed by atoms with Crippen LogP contribution in [0.3, 0.4) is 0 Å². The lowest BCUT2D eigenvalue weighted by Crippen LogP contribution is -2.17. The molecule has 0 aliphatic rings. The molecule has 0 bridgehead atoms. The summed E-state index contributed by atoms with van der Waals surface area (Å²) in [6, 6.07) is 23.5. The number of carbonyl (C=O) groups is 1. The molecule has 4 rings (SSSR count). The molecule has 1 heterocycles. The molecule has 0 spiro atoms. The second kappa shape index (κ2) is 8.87. The van der Waals surface area contributed by atoms with Crippen LogP contribution < -0.4 is 10.2 Å². The van der Waals surface area contributed by atoms with Crippen LogP contribution in [-0.2, 0) is 0 Å². The summed E-state index contributed by atoms with van der Waals surface area (Å²) >= 11 is 0. The van der Waals surface area contributed by atoms with Crippen molar-refractivity contribution in [2.24, 2.45) is 5.10 Å². The minimum absolute atomic E-state index is 0.337. The predicted molar refractivity (Wildman–Crippen MR) is 120 cm³/mol. The van der Waals surface area contributed by atoms with E-state index in [4.69, 9.17) is 4.74 Å². The van der Waals surface area contributed by atoms with Gasteiger partial charge >= 0.3 is 0 Å². The van der Waals surface area contributed by atoms with Crippen molar-refractivity contribution in [1.29, 1.82) is 0 Å². The zero-order valence-electron chi connectivity index (χ0n) is 16.4. The molecular formula is C24H20N4O2. The van der Waals surface area contributed by atoms with Crippen LogP contribution in [-0.4, -0.2) is 29.4 Å². The zero-order chi connectivity index (χ0) is 20.8. The van der Waals surface area contributed by atoms with Gasteiger partial charge in [0.25, 0.3) is 5.91 Å². The predicted octanol–water partition coefficient (Wildman–Crippen LogP) is 4.67. The van der Waals surface area contributed by atoms with E-state index in [1.807, 2.05) is 66.7 Å². The molecular weight excluding hydrogens is 376 g/mol. The Morgan fingerprint density at radius 1 is 1.03 bits per heavy atom. The smallest absolute Gasteiger partial charge is 0.289 e. The fraction of sp³-hybridized carbons (Fsp3) is 0.0417. The normalized spacial score (nSPS) is 11.4. The number of carbonyl (C=O) groups excluding carboxylic acids is 1. The Labute approximate surface area is 173 Å². The first-order valence-electron chi connectivity index (χ1n) is 9.42. The van der Waals surface area contributed by atoms with Crippen LogP contribution in [0.15, 0.2) is 84.0 Å². The Kier molecular flexibility index (Phi) is 5.66. The average molecular weight is 396 g/mol. The molecule has 3 aromatic carbocycles. The van der Waals surface area contributed by atoms with Crippen LogP contribution in [0.4, 0.5) is 0 Å². The highest BCUT2D eigenvalue weighted by Gasteiger charge is 2.10. The summed E-state index contributed by atoms with van der Waals surface area (Å²) in [5, 5.41) is 13.2. The summed E-state index contributed by atoms with van der Waals surface area (Å²) in [5.41, 5.74) is 5.38. The van der Waals surface area contributed by atoms with E-state index in [1.54, 1.807) is 19.3 Å². The van der Waals surface area contributed by atoms with Gasteiger partial charge in [0.1, 0.15) is 11.4 Å². The van der Waals surface area contributed by atoms with Crippen molar-refractivity contribution in [2.45, 2.75) is 0 Å². The number of nitrogens with one attached hydrogen (secondary N) is 2. The molecule has 0 fully saturated rings. The molecule has 30 heavy (non-hydrogen) atoms. The van der Waals surface area contributed by atoms with Crippen LogP contribution in [0.5, 0.6) is 5.75 Å². The van der Waals surface area contributed by atoms with Gasteiger partial charge in [-0.25, -0.2) is 5.43 Å². The number of fused-ring (bicyclic) bond motifs is 1. The molecule has 0 saturated heterocycles. The number of aromatic amines is 1. The monoisotopic (exact) mass is 396 g/mol. The number of allylic oxidation sites excluding steroid dienone is 1. The number of aromatic nitrogens is 2. The van der Waals surface area contributed by atoms with Gasteiger partial charge in [0.2, 0.25) is 0 Å². The quantitative estimate of drug-likeness (QED) is 0.367. The van der Waals surface area contributed by atoms with E-state index in [-0.39, 0.29) is 5.91 Å². The van der Waals surface area contributed by atoms with Crippen molar-refractivity contribution >= 4 is 29.0 Å². The number of benzene rings is 3. The van der Waals surface area contributed by atoms with E-state index in [1.165, 1.54) is 6.21 Å². The average Bonchev–Trinajstić information content (AvgIpc) is 3.29. The van der Waals surface area contributed by atoms with Crippen molar-refractivity contribution in [3.63, 3.8) is 0 Å². The summed E-state index contributed by atoms with van der Waals surface area (Å²) in [6.07, 6.45) is 5.08. The molecule has 0 aliphatic heterocycles. The van der Waals surface area contributed by atoms with Crippen LogP contribution in [0.25, 0.3) is 28.1 Å². The van der Waals surface area contributed by atoms with E-state index < -0.39 is 0 Å². The first-order valence-corrected chi connectivity index (χ1v) is 9.42. The molecule has 2 N–H and O–H groups in total. The molecule has 0 saturated carbocycles. The van der Waals surface area contributed by atoms with Crippen molar-refractivity contribution in [3.05, 3.63) is 90.1 Å². The number of ether oxygens (including phenoxy) is 1. The standard InChI is InChI=1S/C24H20N4O2/c1-30-23-11-5-4-8-18(23)10-6-14-25-28-24(29)22-16-21(26-27-22)20-13-12-17-7-2-3-9-19(17)15-20/h2-16H,1H3,(H,26,27)(H,28,29)/b10-6+,25-14-. The number of para-hydroxylation sites is 1. The Hall–Kier alpha value is -4.19. The number of nitrogens with zero attached hydrogens (tertiary/aromatic N) is 2. The molecule has 4 aromatic rings. The minimum Gasteiger partial charge on any atom is -0.496 e. The molecule has 0 aliphatic carbocycles. The van der Waals surface area contributed by atoms with Crippen molar-refractivity contribution < 1.29 is 9.53 Å². The summed E-state index contributed by atoms with van der Waals surface area (Å²) in [4.78, 5) is 12.3. The Morgan fingerprint density at radius 3 is 2.70 bits per heavy atom. The molecule has 148 valence electrons. The molecule has 6 heteroatoms. The summed E-state index contributed by atoms with van der Waals surface area (Å²) in [7, 11) is 1.62. The van der Waals surface area contributed by atoms with Crippen molar-refractivity contribution in [3.8, 4) is 17.0 Å². The van der Waals surface area contributed by atoms with Crippen molar-refractivity contribution in [1.82, 2.24) is 15.6 Å². The highest BCUT2D eigenvalue weighted by molar-refractivity contribution is 5.94. The second-order valence-electron chi connectivity index (χ2n) is 6.55. The fourth-order valence-corrected chi connectivity index (χ4v) is 3.08. The van der Waals surface area contributed by atoms with Gasteiger partial charge < -0.3 is 4.74 Å². The lowest BCUT2D eigenvalue weighted by molar-refractivity contribution is 0.0950. The van der Waals surface area contributed by atoms with E-state index >= 15 is 0 Å². The van der Waals surface area contributed by atoms with E-state index in [2.05, 4.69) is 26.8 Å². The Balaban J connectivity index is 1.40. The highest BCUT2D eigenvalue weighted by atomic mass is 16.5. The lowest BCUT2D eigenvalue weighted by atomic mass is 10.1. The lowest BCUT2D eigenvalue weighted by Gasteiger charge is -2.02. The van der Waals surface area contributed by atoms with E-state index in [9.17, 15) is 4.79 Å². The van der Waals surface area contributed by atoms with E-state index in [0.717, 1.165) is 27.6 Å². The highest BCUT2D eigenvalue weighted by Crippen LogP contribution is 2.23. The summed E-state index contributed by atoms with van der Waals surface area (Å²) in [6.45, 7) is 0. The van der Waals surface area contributed by atoms with Crippen LogP contribution in [0.2, 0.25) is 0 Å². The van der Waals surface area contributed by atoms with Gasteiger partial charge in [-0.05, 0) is 41.1 Å². The molecule has 1 aromatic heterocycles. The number of rotatable bonds is 6. The topological polar surface area (TPSA) is 79.4 Å². The SMILES string of the molecule is COc1ccccc1/C=C/C=N\NC(=O)c1cc(-c2ccc3ccccc3c2)n[nH]1. The maximum atomic E-state index is 12.3. The number of hydrogen-bond donors (Lipinski definition) is 2. The van der Waals surface area contributed by atoms with Crippen LogP contribution >= 0.6 is 0 Å². The zero-order valence-corrected chi connectivity index (χ0v) is 16.4. The third-order valence-electron chi connectivity index (χ3n) is 4.61. The number of hydrazone groups is 1. The maximum absolute atomic E-state index is 12.3. The third kappa shape index (κ3) is 4.28. The third-order valence-corrected chi connectivity index (χ3v) is 4.61. The van der Waals surface area contributed by atoms with Gasteiger partial charge in [0.15, 0.2) is 0 Å². The Bertz CT molecular complexity index is 1240. The van der Waals surface area contributed by atoms with Crippen LogP contribution in [0, 0.1) is 0 Å². The first kappa shape index (κ1) is 19.1. The number of H-pyrrole nitrogens is 1. The molecule has 0 radical (unpaired) electrons. The maximum Gasteiger partial charge on any atom is 0.289 e. The van der Waals surface area contributed by atoms with Gasteiger partial charge in [-0.15, -0.1) is 0 Å². The molecule has 1 amide bonds. The Morgan fingerprint density at radius 2 is 1.83 bits per heavy atom. The van der Waals surface area contributed by atoms with Crippen molar-refractivity contribution in [2.75, 3.05) is 7.11 Å². The minimum atomic E-state index is -0.364. The van der Waals surface area contributed by atoms with Gasteiger partial charge in [-0.1, -0.05) is 54.6 Å². The van der Waals surface area contributed by atoms with Gasteiger partial charge in [0, 0.05) is 17.3 Å². The second-order valence-corrected chi connectivity index (χ2v) is 6.55. The summed E-state index contributed by atoms with van der Waals surface area (Å²) < 4.78 is 5.28. The molecule has 0 unspecified atom stereocenters. The first-order chi connectivity index (χ1) is 14.7. The van der Waals surface area contributed by atoms with Gasteiger partial charge in [-0.2, -0.15) is 10.2 Å². The fourth-order valence-electron chi connectivity index (χ4n) is 3.08. The van der Waals surface area contributed by atoms with Gasteiger partial charge in [0.05, 0.1) is 12.8 Å².